The molecule has 4 N–H and O–H groups in total. The number of rotatable bonds is 8. The molecule has 2 heterocycles. The second-order valence-corrected chi connectivity index (χ2v) is 11.3. The minimum atomic E-state index is -1.31. The van der Waals surface area contributed by atoms with Crippen LogP contribution in [0, 0.1) is 12.3 Å². The topological polar surface area (TPSA) is 149 Å². The minimum Gasteiger partial charge on any atom is -0.481 e. The highest BCUT2D eigenvalue weighted by Crippen LogP contribution is 2.29. The number of nitrogens with zero attached hydrogens (tertiary/aromatic N) is 2. The van der Waals surface area contributed by atoms with E-state index >= 15 is 0 Å². The fraction of sp³-hybridized carbons (Fsp3) is 0.500. The standard InChI is InChI=1S/C26H34N4O6S/c1-14(16-6-8-17(9-7-16)22-15(2)27-13-37-22)28-24(35)19-10-18(31)12-30(19)25(36)23(26(3,4)5)29-20(32)11-21(33)34/h6-9,13-14,18-19,23,31H,10-12H2,1-5H3,(H,28,35)(H,29,32)(H,33,34)/t14-,18+,19-,23?/m0/s1. The molecule has 1 aromatic heterocycles. The first-order valence-corrected chi connectivity index (χ1v) is 13.0. The number of aromatic nitrogens is 1. The first-order chi connectivity index (χ1) is 17.3. The second-order valence-electron chi connectivity index (χ2n) is 10.5. The van der Waals surface area contributed by atoms with Gasteiger partial charge in [0.15, 0.2) is 0 Å². The van der Waals surface area contributed by atoms with Crippen molar-refractivity contribution in [3.05, 3.63) is 41.0 Å². The van der Waals surface area contributed by atoms with E-state index in [4.69, 9.17) is 5.11 Å². The Morgan fingerprint density at radius 3 is 2.35 bits per heavy atom. The summed E-state index contributed by atoms with van der Waals surface area (Å²) >= 11 is 1.56. The number of carboxylic acid groups (broad SMARTS) is 1. The number of likely N-dealkylation sites (tertiary alicyclic amines) is 1. The predicted molar refractivity (Wildman–Crippen MR) is 139 cm³/mol. The maximum Gasteiger partial charge on any atom is 0.312 e. The van der Waals surface area contributed by atoms with Crippen molar-refractivity contribution in [3.8, 4) is 10.4 Å². The molecule has 0 bridgehead atoms. The molecule has 0 aliphatic carbocycles. The number of carboxylic acids is 1. The van der Waals surface area contributed by atoms with Gasteiger partial charge in [0.25, 0.3) is 0 Å². The van der Waals surface area contributed by atoms with Crippen molar-refractivity contribution in [2.75, 3.05) is 6.54 Å². The lowest BCUT2D eigenvalue weighted by atomic mass is 9.85. The van der Waals surface area contributed by atoms with Crippen molar-refractivity contribution in [3.63, 3.8) is 0 Å². The highest BCUT2D eigenvalue weighted by molar-refractivity contribution is 7.13. The van der Waals surface area contributed by atoms with Gasteiger partial charge < -0.3 is 25.7 Å². The molecule has 11 heteroatoms. The van der Waals surface area contributed by atoms with Gasteiger partial charge in [-0.25, -0.2) is 4.98 Å². The van der Waals surface area contributed by atoms with Crippen LogP contribution in [0.2, 0.25) is 0 Å². The highest BCUT2D eigenvalue weighted by atomic mass is 32.1. The number of amides is 3. The fourth-order valence-electron chi connectivity index (χ4n) is 4.36. The summed E-state index contributed by atoms with van der Waals surface area (Å²) in [5, 5.41) is 24.6. The van der Waals surface area contributed by atoms with Crippen LogP contribution in [0.5, 0.6) is 0 Å². The molecule has 0 spiro atoms. The first-order valence-electron chi connectivity index (χ1n) is 12.1. The van der Waals surface area contributed by atoms with E-state index in [9.17, 15) is 24.3 Å². The van der Waals surface area contributed by atoms with Gasteiger partial charge in [-0.2, -0.15) is 0 Å². The van der Waals surface area contributed by atoms with Gasteiger partial charge in [-0.3, -0.25) is 19.2 Å². The van der Waals surface area contributed by atoms with Gasteiger partial charge in [0, 0.05) is 13.0 Å². The van der Waals surface area contributed by atoms with Gasteiger partial charge >= 0.3 is 5.97 Å². The third-order valence-electron chi connectivity index (χ3n) is 6.37. The molecule has 4 atom stereocenters. The Morgan fingerprint density at radius 2 is 1.81 bits per heavy atom. The molecule has 3 amide bonds. The van der Waals surface area contributed by atoms with Crippen LogP contribution < -0.4 is 10.6 Å². The van der Waals surface area contributed by atoms with Crippen molar-refractivity contribution in [2.45, 2.75) is 71.7 Å². The van der Waals surface area contributed by atoms with E-state index in [-0.39, 0.29) is 19.0 Å². The monoisotopic (exact) mass is 530 g/mol. The van der Waals surface area contributed by atoms with Gasteiger partial charge in [-0.15, -0.1) is 11.3 Å². The van der Waals surface area contributed by atoms with E-state index in [0.29, 0.717) is 0 Å². The molecule has 1 aromatic carbocycles. The van der Waals surface area contributed by atoms with Crippen molar-refractivity contribution < 1.29 is 29.4 Å². The Labute approximate surface area is 220 Å². The van der Waals surface area contributed by atoms with E-state index in [1.807, 2.05) is 38.1 Å². The molecule has 1 unspecified atom stereocenters. The van der Waals surface area contributed by atoms with Gasteiger partial charge in [-0.1, -0.05) is 45.0 Å². The number of aliphatic carboxylic acids is 1. The summed E-state index contributed by atoms with van der Waals surface area (Å²) in [4.78, 5) is 56.4. The van der Waals surface area contributed by atoms with Gasteiger partial charge in [0.2, 0.25) is 17.7 Å². The summed E-state index contributed by atoms with van der Waals surface area (Å²) in [5.41, 5.74) is 3.91. The van der Waals surface area contributed by atoms with E-state index in [0.717, 1.165) is 21.7 Å². The van der Waals surface area contributed by atoms with Crippen molar-refractivity contribution in [1.29, 1.82) is 0 Å². The van der Waals surface area contributed by atoms with Gasteiger partial charge in [0.1, 0.15) is 18.5 Å². The number of aryl methyl sites for hydroxylation is 1. The number of β-amino-alcohol motifs (C(OH)–C–C–N with tert-alkyl or cyclic N) is 1. The molecule has 0 radical (unpaired) electrons. The third kappa shape index (κ3) is 6.92. The van der Waals surface area contributed by atoms with Crippen molar-refractivity contribution in [2.24, 2.45) is 5.41 Å². The van der Waals surface area contributed by atoms with Crippen LogP contribution in [0.1, 0.15) is 57.8 Å². The van der Waals surface area contributed by atoms with Crippen LogP contribution in [0.4, 0.5) is 0 Å². The Balaban J connectivity index is 1.72. The molecular formula is C26H34N4O6S. The molecule has 1 saturated heterocycles. The number of hydrogen-bond acceptors (Lipinski definition) is 7. The molecule has 1 fully saturated rings. The number of aliphatic hydroxyl groups excluding tert-OH is 1. The average molecular weight is 531 g/mol. The predicted octanol–water partition coefficient (Wildman–Crippen LogP) is 2.26. The first kappa shape index (κ1) is 28.3. The zero-order valence-corrected chi connectivity index (χ0v) is 22.5. The fourth-order valence-corrected chi connectivity index (χ4v) is 5.18. The lowest BCUT2D eigenvalue weighted by Gasteiger charge is -2.35. The van der Waals surface area contributed by atoms with Gasteiger partial charge in [-0.05, 0) is 30.4 Å². The van der Waals surface area contributed by atoms with Crippen LogP contribution >= 0.6 is 11.3 Å². The Kier molecular flexibility index (Phi) is 8.70. The molecular weight excluding hydrogens is 496 g/mol. The number of hydrogen-bond donors (Lipinski definition) is 4. The van der Waals surface area contributed by atoms with E-state index in [1.54, 1.807) is 37.6 Å². The highest BCUT2D eigenvalue weighted by Gasteiger charge is 2.44. The molecule has 2 aromatic rings. The van der Waals surface area contributed by atoms with Crippen LogP contribution in [0.3, 0.4) is 0 Å². The second kappa shape index (κ2) is 11.4. The lowest BCUT2D eigenvalue weighted by molar-refractivity contribution is -0.146. The smallest absolute Gasteiger partial charge is 0.312 e. The number of carbonyl (C=O) groups is 4. The van der Waals surface area contributed by atoms with E-state index < -0.39 is 53.7 Å². The van der Waals surface area contributed by atoms with Gasteiger partial charge in [0.05, 0.1) is 28.2 Å². The maximum absolute atomic E-state index is 13.5. The van der Waals surface area contributed by atoms with Crippen LogP contribution in [-0.4, -0.2) is 68.5 Å². The number of aliphatic hydroxyl groups is 1. The summed E-state index contributed by atoms with van der Waals surface area (Å²) in [6.45, 7) is 8.93. The Hall–Kier alpha value is -3.31. The number of benzene rings is 1. The number of thiazole rings is 1. The maximum atomic E-state index is 13.5. The third-order valence-corrected chi connectivity index (χ3v) is 7.35. The van der Waals surface area contributed by atoms with Crippen LogP contribution in [0.15, 0.2) is 29.8 Å². The van der Waals surface area contributed by atoms with E-state index in [2.05, 4.69) is 15.6 Å². The summed E-state index contributed by atoms with van der Waals surface area (Å²) in [6, 6.07) is 5.46. The lowest BCUT2D eigenvalue weighted by Crippen LogP contribution is -2.58. The Morgan fingerprint density at radius 1 is 1.16 bits per heavy atom. The summed E-state index contributed by atoms with van der Waals surface area (Å²) < 4.78 is 0. The molecule has 3 rings (SSSR count). The summed E-state index contributed by atoms with van der Waals surface area (Å²) in [6.07, 6.45) is -1.61. The number of carbonyl (C=O) groups excluding carboxylic acids is 3. The average Bonchev–Trinajstić information content (AvgIpc) is 3.41. The SMILES string of the molecule is Cc1ncsc1-c1ccc([C@H](C)NC(=O)[C@@H]2C[C@@H](O)CN2C(=O)C(NC(=O)CC(=O)O)C(C)(C)C)cc1. The zero-order chi connectivity index (χ0) is 27.5. The summed E-state index contributed by atoms with van der Waals surface area (Å²) in [5.74, 6) is -3.06. The van der Waals surface area contributed by atoms with E-state index in [1.165, 1.54) is 4.90 Å². The molecule has 37 heavy (non-hydrogen) atoms. The quantitative estimate of drug-likeness (QED) is 0.383. The largest absolute Gasteiger partial charge is 0.481 e. The molecule has 1 aliphatic heterocycles. The van der Waals surface area contributed by atoms with Crippen molar-refractivity contribution >= 4 is 35.0 Å². The molecule has 1 aliphatic rings. The molecule has 10 nitrogen and oxygen atoms in total. The zero-order valence-electron chi connectivity index (χ0n) is 21.6. The Bertz CT molecular complexity index is 1160. The van der Waals surface area contributed by atoms with Crippen LogP contribution in [0.25, 0.3) is 10.4 Å². The number of nitrogens with one attached hydrogen (secondary N) is 2. The van der Waals surface area contributed by atoms with Crippen molar-refractivity contribution in [1.82, 2.24) is 20.5 Å². The molecule has 200 valence electrons. The summed E-state index contributed by atoms with van der Waals surface area (Å²) in [7, 11) is 0. The normalized spacial score (nSPS) is 19.2. The van der Waals surface area contributed by atoms with Crippen LogP contribution in [-0.2, 0) is 19.2 Å². The molecule has 0 saturated carbocycles. The minimum absolute atomic E-state index is 0.0599.